The number of nitrogens with one attached hydrogen (secondary N) is 1. The van der Waals surface area contributed by atoms with Crippen molar-refractivity contribution < 1.29 is 8.42 Å². The molecule has 3 N–H and O–H groups in total. The van der Waals surface area contributed by atoms with Gasteiger partial charge in [0.15, 0.2) is 0 Å². The predicted octanol–water partition coefficient (Wildman–Crippen LogP) is 0.00502. The minimum absolute atomic E-state index is 0.196. The molecule has 102 valence electrons. The van der Waals surface area contributed by atoms with E-state index in [-0.39, 0.29) is 6.54 Å². The highest BCUT2D eigenvalue weighted by atomic mass is 32.2. The van der Waals surface area contributed by atoms with E-state index >= 15 is 0 Å². The fraction of sp³-hybridized carbons (Fsp3) is 0.545. The Bertz CT molecular complexity index is 476. The molecule has 0 saturated heterocycles. The van der Waals surface area contributed by atoms with E-state index in [2.05, 4.69) is 9.71 Å². The van der Waals surface area contributed by atoms with Crippen molar-refractivity contribution in [3.8, 4) is 0 Å². The van der Waals surface area contributed by atoms with Crippen LogP contribution in [0.1, 0.15) is 17.7 Å². The fourth-order valence-corrected chi connectivity index (χ4v) is 2.32. The molecule has 0 aromatic carbocycles. The van der Waals surface area contributed by atoms with Crippen LogP contribution in [-0.2, 0) is 16.8 Å². The van der Waals surface area contributed by atoms with Crippen LogP contribution >= 0.6 is 0 Å². The van der Waals surface area contributed by atoms with E-state index in [0.717, 1.165) is 11.3 Å². The third-order valence-electron chi connectivity index (χ3n) is 2.63. The van der Waals surface area contributed by atoms with Gasteiger partial charge in [-0.3, -0.25) is 4.98 Å². The van der Waals surface area contributed by atoms with Gasteiger partial charge in [-0.05, 0) is 31.5 Å². The number of aromatic nitrogens is 1. The molecular weight excluding hydrogens is 252 g/mol. The van der Waals surface area contributed by atoms with Crippen LogP contribution in [0.15, 0.2) is 18.3 Å². The SMILES string of the molecule is Cc1cccnc1CNS(=O)(=O)N(C)CCCN. The third kappa shape index (κ3) is 4.34. The van der Waals surface area contributed by atoms with E-state index in [1.54, 1.807) is 6.20 Å². The average molecular weight is 272 g/mol. The van der Waals surface area contributed by atoms with Crippen LogP contribution in [0, 0.1) is 6.92 Å². The molecular formula is C11H20N4O2S. The van der Waals surface area contributed by atoms with Crippen molar-refractivity contribution >= 4 is 10.2 Å². The Labute approximate surface area is 108 Å². The summed E-state index contributed by atoms with van der Waals surface area (Å²) in [5.74, 6) is 0. The molecule has 18 heavy (non-hydrogen) atoms. The molecule has 0 unspecified atom stereocenters. The summed E-state index contributed by atoms with van der Waals surface area (Å²) < 4.78 is 27.5. The maximum atomic E-state index is 11.9. The maximum Gasteiger partial charge on any atom is 0.279 e. The van der Waals surface area contributed by atoms with Crippen LogP contribution < -0.4 is 10.5 Å². The Balaban J connectivity index is 2.59. The first-order valence-corrected chi connectivity index (χ1v) is 7.23. The van der Waals surface area contributed by atoms with Crippen molar-refractivity contribution in [2.75, 3.05) is 20.1 Å². The van der Waals surface area contributed by atoms with Crippen LogP contribution in [0.25, 0.3) is 0 Å². The lowest BCUT2D eigenvalue weighted by Gasteiger charge is -2.17. The van der Waals surface area contributed by atoms with Gasteiger partial charge in [-0.25, -0.2) is 0 Å². The quantitative estimate of drug-likeness (QED) is 0.731. The van der Waals surface area contributed by atoms with Crippen molar-refractivity contribution in [3.63, 3.8) is 0 Å². The number of pyridine rings is 1. The number of hydrogen-bond donors (Lipinski definition) is 2. The molecule has 6 nitrogen and oxygen atoms in total. The van der Waals surface area contributed by atoms with E-state index in [9.17, 15) is 8.42 Å². The minimum atomic E-state index is -3.46. The summed E-state index contributed by atoms with van der Waals surface area (Å²) in [5, 5.41) is 0. The molecule has 0 bridgehead atoms. The molecule has 0 amide bonds. The van der Waals surface area contributed by atoms with E-state index in [4.69, 9.17) is 5.73 Å². The smallest absolute Gasteiger partial charge is 0.279 e. The summed E-state index contributed by atoms with van der Waals surface area (Å²) in [5.41, 5.74) is 7.05. The van der Waals surface area contributed by atoms with Crippen molar-refractivity contribution in [1.29, 1.82) is 0 Å². The zero-order valence-electron chi connectivity index (χ0n) is 10.8. The molecule has 0 aliphatic heterocycles. The molecule has 0 spiro atoms. The van der Waals surface area contributed by atoms with Crippen LogP contribution in [0.5, 0.6) is 0 Å². The van der Waals surface area contributed by atoms with Crippen molar-refractivity contribution in [1.82, 2.24) is 14.0 Å². The maximum absolute atomic E-state index is 11.9. The van der Waals surface area contributed by atoms with E-state index in [1.807, 2.05) is 19.1 Å². The number of rotatable bonds is 7. The molecule has 1 rings (SSSR count). The van der Waals surface area contributed by atoms with Crippen LogP contribution in [-0.4, -0.2) is 37.8 Å². The van der Waals surface area contributed by atoms with Gasteiger partial charge in [0.2, 0.25) is 0 Å². The topological polar surface area (TPSA) is 88.3 Å². The van der Waals surface area contributed by atoms with Gasteiger partial charge in [-0.1, -0.05) is 6.07 Å². The predicted molar refractivity (Wildman–Crippen MR) is 71.0 cm³/mol. The van der Waals surface area contributed by atoms with Gasteiger partial charge < -0.3 is 5.73 Å². The fourth-order valence-electron chi connectivity index (χ4n) is 1.41. The minimum Gasteiger partial charge on any atom is -0.330 e. The largest absolute Gasteiger partial charge is 0.330 e. The lowest BCUT2D eigenvalue weighted by Crippen LogP contribution is -2.39. The molecule has 1 aromatic rings. The Morgan fingerprint density at radius 3 is 2.83 bits per heavy atom. The molecule has 0 aliphatic carbocycles. The Hall–Kier alpha value is -1.02. The summed E-state index contributed by atoms with van der Waals surface area (Å²) in [4.78, 5) is 4.14. The van der Waals surface area contributed by atoms with Crippen molar-refractivity contribution in [2.24, 2.45) is 5.73 Å². The summed E-state index contributed by atoms with van der Waals surface area (Å²) in [7, 11) is -1.93. The number of nitrogens with two attached hydrogens (primary N) is 1. The molecule has 7 heteroatoms. The van der Waals surface area contributed by atoms with E-state index < -0.39 is 10.2 Å². The van der Waals surface area contributed by atoms with E-state index in [1.165, 1.54) is 11.4 Å². The van der Waals surface area contributed by atoms with Crippen LogP contribution in [0.4, 0.5) is 0 Å². The van der Waals surface area contributed by atoms with Gasteiger partial charge in [0, 0.05) is 19.8 Å². The summed E-state index contributed by atoms with van der Waals surface area (Å²) >= 11 is 0. The molecule has 0 saturated carbocycles. The molecule has 0 atom stereocenters. The second-order valence-corrected chi connectivity index (χ2v) is 5.92. The van der Waals surface area contributed by atoms with Gasteiger partial charge in [-0.2, -0.15) is 17.4 Å². The van der Waals surface area contributed by atoms with Crippen LogP contribution in [0.2, 0.25) is 0 Å². The van der Waals surface area contributed by atoms with Gasteiger partial charge >= 0.3 is 0 Å². The Kier molecular flexibility index (Phi) is 5.67. The van der Waals surface area contributed by atoms with Gasteiger partial charge in [0.1, 0.15) is 0 Å². The first kappa shape index (κ1) is 15.0. The molecule has 0 fully saturated rings. The lowest BCUT2D eigenvalue weighted by atomic mass is 10.2. The lowest BCUT2D eigenvalue weighted by molar-refractivity contribution is 0.452. The number of aryl methyl sites for hydroxylation is 1. The highest BCUT2D eigenvalue weighted by Gasteiger charge is 2.16. The van der Waals surface area contributed by atoms with Gasteiger partial charge in [0.25, 0.3) is 10.2 Å². The van der Waals surface area contributed by atoms with Crippen molar-refractivity contribution in [2.45, 2.75) is 19.9 Å². The summed E-state index contributed by atoms with van der Waals surface area (Å²) in [6.07, 6.45) is 2.29. The summed E-state index contributed by atoms with van der Waals surface area (Å²) in [6, 6.07) is 3.72. The molecule has 0 radical (unpaired) electrons. The average Bonchev–Trinajstić information content (AvgIpc) is 2.35. The monoisotopic (exact) mass is 272 g/mol. The van der Waals surface area contributed by atoms with Crippen LogP contribution in [0.3, 0.4) is 0 Å². The highest BCUT2D eigenvalue weighted by Crippen LogP contribution is 2.04. The zero-order chi connectivity index (χ0) is 13.6. The molecule has 1 heterocycles. The normalized spacial score (nSPS) is 12.0. The van der Waals surface area contributed by atoms with Crippen molar-refractivity contribution in [3.05, 3.63) is 29.6 Å². The number of hydrogen-bond acceptors (Lipinski definition) is 4. The Morgan fingerprint density at radius 2 is 2.22 bits per heavy atom. The molecule has 0 aliphatic rings. The Morgan fingerprint density at radius 1 is 1.50 bits per heavy atom. The highest BCUT2D eigenvalue weighted by molar-refractivity contribution is 7.87. The van der Waals surface area contributed by atoms with Gasteiger partial charge in [0.05, 0.1) is 12.2 Å². The first-order chi connectivity index (χ1) is 8.47. The summed E-state index contributed by atoms with van der Waals surface area (Å²) in [6.45, 7) is 2.98. The van der Waals surface area contributed by atoms with E-state index in [0.29, 0.717) is 19.5 Å². The second-order valence-electron chi connectivity index (χ2n) is 4.06. The zero-order valence-corrected chi connectivity index (χ0v) is 11.6. The first-order valence-electron chi connectivity index (χ1n) is 5.79. The standard InChI is InChI=1S/C11H20N4O2S/c1-10-5-3-7-13-11(10)9-14-18(16,17)15(2)8-4-6-12/h3,5,7,14H,4,6,8-9,12H2,1-2H3. The molecule has 1 aromatic heterocycles. The third-order valence-corrected chi connectivity index (χ3v) is 4.14. The second kappa shape index (κ2) is 6.79. The van der Waals surface area contributed by atoms with Gasteiger partial charge in [-0.15, -0.1) is 0 Å². The number of nitrogens with zero attached hydrogens (tertiary/aromatic N) is 2.